The van der Waals surface area contributed by atoms with Gasteiger partial charge >= 0.3 is 6.16 Å². The van der Waals surface area contributed by atoms with Crippen molar-refractivity contribution in [2.75, 3.05) is 11.9 Å². The standard InChI is InChI=1S/C40H45N5O10/c1-2-3-6-13-33(38(49)41-30-17-15-29(16-18-30)27-54-40(51)55-32-21-19-31(20-22-32)45(52)53)43-39(50)34(26-28-11-7-4-8-12-28)42-35(46)14-9-5-10-25-44-36(47)23-24-37(44)48/h4,7-8,11-12,15-24,33-34H,2-3,5-6,9-10,13-14,25-27H2,1H3,(H,41,49)(H,42,46)(H,43,50)/t33-,34-/m0/s1. The molecular formula is C40H45N5O10. The molecule has 3 N–H and O–H groups in total. The van der Waals surface area contributed by atoms with E-state index in [-0.39, 0.29) is 55.2 Å². The van der Waals surface area contributed by atoms with Gasteiger partial charge in [0.05, 0.1) is 4.92 Å². The summed E-state index contributed by atoms with van der Waals surface area (Å²) in [7, 11) is 0. The molecular weight excluding hydrogens is 710 g/mol. The van der Waals surface area contributed by atoms with E-state index in [0.717, 1.165) is 23.3 Å². The van der Waals surface area contributed by atoms with Crippen LogP contribution < -0.4 is 20.7 Å². The van der Waals surface area contributed by atoms with Crippen LogP contribution in [0.4, 0.5) is 16.2 Å². The number of rotatable bonds is 21. The van der Waals surface area contributed by atoms with Crippen molar-refractivity contribution in [3.63, 3.8) is 0 Å². The van der Waals surface area contributed by atoms with Gasteiger partial charge in [-0.15, -0.1) is 0 Å². The van der Waals surface area contributed by atoms with E-state index in [1.807, 2.05) is 37.3 Å². The third-order valence-corrected chi connectivity index (χ3v) is 8.68. The van der Waals surface area contributed by atoms with Crippen LogP contribution in [0.5, 0.6) is 5.75 Å². The first kappa shape index (κ1) is 41.4. The van der Waals surface area contributed by atoms with Gasteiger partial charge in [-0.2, -0.15) is 0 Å². The summed E-state index contributed by atoms with van der Waals surface area (Å²) in [5, 5.41) is 19.3. The Morgan fingerprint density at radius 2 is 1.45 bits per heavy atom. The van der Waals surface area contributed by atoms with E-state index < -0.39 is 35.0 Å². The highest BCUT2D eigenvalue weighted by Crippen LogP contribution is 2.19. The van der Waals surface area contributed by atoms with Gasteiger partial charge in [-0.1, -0.05) is 75.1 Å². The number of anilines is 1. The first-order valence-corrected chi connectivity index (χ1v) is 18.2. The zero-order valence-corrected chi connectivity index (χ0v) is 30.6. The minimum absolute atomic E-state index is 0.0841. The van der Waals surface area contributed by atoms with Crippen LogP contribution in [-0.2, 0) is 41.7 Å². The molecule has 0 radical (unpaired) electrons. The van der Waals surface area contributed by atoms with Gasteiger partial charge in [0.1, 0.15) is 24.4 Å². The Morgan fingerprint density at radius 1 is 0.764 bits per heavy atom. The Kier molecular flexibility index (Phi) is 16.1. The molecule has 0 bridgehead atoms. The summed E-state index contributed by atoms with van der Waals surface area (Å²) in [4.78, 5) is 87.3. The van der Waals surface area contributed by atoms with E-state index in [0.29, 0.717) is 43.4 Å². The quantitative estimate of drug-likeness (QED) is 0.0310. The predicted octanol–water partition coefficient (Wildman–Crippen LogP) is 5.53. The number of nitrogens with zero attached hydrogens (tertiary/aromatic N) is 2. The molecule has 0 aliphatic carbocycles. The van der Waals surface area contributed by atoms with Gasteiger partial charge in [-0.05, 0) is 54.7 Å². The van der Waals surface area contributed by atoms with E-state index in [1.165, 1.54) is 36.4 Å². The molecule has 0 saturated heterocycles. The molecule has 1 aliphatic rings. The molecule has 1 aliphatic heterocycles. The fourth-order valence-electron chi connectivity index (χ4n) is 5.67. The molecule has 2 atom stereocenters. The van der Waals surface area contributed by atoms with E-state index in [4.69, 9.17) is 9.47 Å². The summed E-state index contributed by atoms with van der Waals surface area (Å²) in [5.41, 5.74) is 1.72. The molecule has 0 saturated carbocycles. The van der Waals surface area contributed by atoms with Gasteiger partial charge in [-0.3, -0.25) is 39.0 Å². The molecule has 3 aromatic carbocycles. The zero-order chi connectivity index (χ0) is 39.6. The normalized spacial score (nSPS) is 13.1. The molecule has 0 spiro atoms. The Labute approximate surface area is 318 Å². The molecule has 0 unspecified atom stereocenters. The number of nitro groups is 1. The highest BCUT2D eigenvalue weighted by molar-refractivity contribution is 6.12. The number of unbranched alkanes of at least 4 members (excludes halogenated alkanes) is 4. The summed E-state index contributed by atoms with van der Waals surface area (Å²) < 4.78 is 10.2. The number of benzene rings is 3. The number of hydrogen-bond donors (Lipinski definition) is 3. The van der Waals surface area contributed by atoms with Gasteiger partial charge < -0.3 is 25.4 Å². The van der Waals surface area contributed by atoms with E-state index in [2.05, 4.69) is 16.0 Å². The van der Waals surface area contributed by atoms with E-state index >= 15 is 0 Å². The van der Waals surface area contributed by atoms with Crippen LogP contribution >= 0.6 is 0 Å². The van der Waals surface area contributed by atoms with Gasteiger partial charge in [0.2, 0.25) is 17.7 Å². The lowest BCUT2D eigenvalue weighted by Gasteiger charge is -2.23. The van der Waals surface area contributed by atoms with Crippen molar-refractivity contribution in [3.05, 3.63) is 112 Å². The first-order valence-electron chi connectivity index (χ1n) is 18.2. The second-order valence-electron chi connectivity index (χ2n) is 12.9. The smallest absolute Gasteiger partial charge is 0.429 e. The van der Waals surface area contributed by atoms with Crippen molar-refractivity contribution in [1.82, 2.24) is 15.5 Å². The number of non-ortho nitro benzene ring substituents is 1. The molecule has 0 fully saturated rings. The third kappa shape index (κ3) is 13.8. The van der Waals surface area contributed by atoms with Crippen LogP contribution in [0.3, 0.4) is 0 Å². The van der Waals surface area contributed by atoms with E-state index in [1.54, 1.807) is 24.3 Å². The summed E-state index contributed by atoms with van der Waals surface area (Å²) in [5.74, 6) is -1.87. The maximum atomic E-state index is 13.7. The minimum atomic E-state index is -0.998. The van der Waals surface area contributed by atoms with E-state index in [9.17, 15) is 38.9 Å². The average Bonchev–Trinajstić information content (AvgIpc) is 3.50. The maximum absolute atomic E-state index is 13.7. The van der Waals surface area contributed by atoms with Crippen molar-refractivity contribution in [1.29, 1.82) is 0 Å². The fourth-order valence-corrected chi connectivity index (χ4v) is 5.67. The lowest BCUT2D eigenvalue weighted by Crippen LogP contribution is -2.53. The molecule has 0 aromatic heterocycles. The largest absolute Gasteiger partial charge is 0.514 e. The summed E-state index contributed by atoms with van der Waals surface area (Å²) >= 11 is 0. The topological polar surface area (TPSA) is 203 Å². The van der Waals surface area contributed by atoms with Gasteiger partial charge in [0, 0.05) is 49.4 Å². The summed E-state index contributed by atoms with van der Waals surface area (Å²) in [6.45, 7) is 2.17. The molecule has 15 nitrogen and oxygen atoms in total. The van der Waals surface area contributed by atoms with Crippen LogP contribution in [0.25, 0.3) is 0 Å². The average molecular weight is 756 g/mol. The second kappa shape index (κ2) is 21.4. The molecule has 55 heavy (non-hydrogen) atoms. The number of nitrogens with one attached hydrogen (secondary N) is 3. The Morgan fingerprint density at radius 3 is 2.11 bits per heavy atom. The number of carbonyl (C=O) groups is 6. The van der Waals surface area contributed by atoms with Gasteiger partial charge in [0.25, 0.3) is 17.5 Å². The van der Waals surface area contributed by atoms with Crippen molar-refractivity contribution in [3.8, 4) is 5.75 Å². The second-order valence-corrected chi connectivity index (χ2v) is 12.9. The summed E-state index contributed by atoms with van der Waals surface area (Å²) in [6, 6.07) is 18.9. The predicted molar refractivity (Wildman–Crippen MR) is 201 cm³/mol. The molecule has 1 heterocycles. The number of carbonyl (C=O) groups excluding carboxylic acids is 6. The SMILES string of the molecule is CCCCC[C@H](NC(=O)[C@H](Cc1ccccc1)NC(=O)CCCCCN1C(=O)C=CC1=O)C(=O)Nc1ccc(COC(=O)Oc2ccc([N+](=O)[O-])cc2)cc1. The number of hydrogen-bond acceptors (Lipinski definition) is 10. The number of ether oxygens (including phenoxy) is 2. The van der Waals surface area contributed by atoms with Gasteiger partial charge in [0.15, 0.2) is 0 Å². The minimum Gasteiger partial charge on any atom is -0.429 e. The molecule has 4 rings (SSSR count). The monoisotopic (exact) mass is 755 g/mol. The molecule has 5 amide bonds. The van der Waals surface area contributed by atoms with Crippen LogP contribution in [0.2, 0.25) is 0 Å². The highest BCUT2D eigenvalue weighted by atomic mass is 16.7. The molecule has 290 valence electrons. The number of nitro benzene ring substituents is 1. The van der Waals surface area contributed by atoms with Crippen molar-refractivity contribution in [2.45, 2.75) is 83.4 Å². The maximum Gasteiger partial charge on any atom is 0.514 e. The highest BCUT2D eigenvalue weighted by Gasteiger charge is 2.27. The Balaban J connectivity index is 1.31. The summed E-state index contributed by atoms with van der Waals surface area (Å²) in [6.07, 6.45) is 6.27. The molecule has 15 heteroatoms. The lowest BCUT2D eigenvalue weighted by atomic mass is 10.0. The first-order chi connectivity index (χ1) is 26.5. The number of imide groups is 1. The van der Waals surface area contributed by atoms with Crippen molar-refractivity contribution in [2.24, 2.45) is 0 Å². The van der Waals surface area contributed by atoms with Crippen LogP contribution in [0.15, 0.2) is 91.0 Å². The van der Waals surface area contributed by atoms with Crippen LogP contribution in [0, 0.1) is 10.1 Å². The van der Waals surface area contributed by atoms with Crippen molar-refractivity contribution < 1.29 is 43.2 Å². The van der Waals surface area contributed by atoms with Crippen LogP contribution in [-0.4, -0.2) is 64.1 Å². The lowest BCUT2D eigenvalue weighted by molar-refractivity contribution is -0.384. The Hall–Kier alpha value is -6.38. The Bertz CT molecular complexity index is 1810. The van der Waals surface area contributed by atoms with Crippen LogP contribution in [0.1, 0.15) is 69.4 Å². The zero-order valence-electron chi connectivity index (χ0n) is 30.6. The molecule has 3 aromatic rings. The fraction of sp³-hybridized carbons (Fsp3) is 0.350. The third-order valence-electron chi connectivity index (χ3n) is 8.68. The number of amides is 5. The van der Waals surface area contributed by atoms with Crippen molar-refractivity contribution >= 4 is 47.1 Å². The van der Waals surface area contributed by atoms with Gasteiger partial charge in [-0.25, -0.2) is 4.79 Å².